The zero-order chi connectivity index (χ0) is 20.2. The highest BCUT2D eigenvalue weighted by Crippen LogP contribution is 2.48. The van der Waals surface area contributed by atoms with Gasteiger partial charge in [-0.25, -0.2) is 0 Å². The first-order valence-corrected chi connectivity index (χ1v) is 8.23. The van der Waals surface area contributed by atoms with Crippen LogP contribution in [0, 0.1) is 0 Å². The van der Waals surface area contributed by atoms with Gasteiger partial charge >= 0.3 is 11.9 Å². The Kier molecular flexibility index (Phi) is 6.22. The van der Waals surface area contributed by atoms with Crippen LogP contribution in [0.25, 0.3) is 0 Å². The predicted molar refractivity (Wildman–Crippen MR) is 94.0 cm³/mol. The number of Topliss-reactive ketones (excluding diaryl/α,β-unsaturated/α-hetero) is 1. The van der Waals surface area contributed by atoms with E-state index in [4.69, 9.17) is 23.7 Å². The zero-order valence-electron chi connectivity index (χ0n) is 15.9. The summed E-state index contributed by atoms with van der Waals surface area (Å²) in [6, 6.07) is 1.40. The predicted octanol–water partition coefficient (Wildman–Crippen LogP) is 2.52. The Labute approximate surface area is 157 Å². The highest BCUT2D eigenvalue weighted by Gasteiger charge is 2.42. The van der Waals surface area contributed by atoms with Crippen molar-refractivity contribution in [2.45, 2.75) is 33.1 Å². The molecule has 0 saturated carbocycles. The molecule has 0 spiro atoms. The lowest BCUT2D eigenvalue weighted by Crippen LogP contribution is -2.32. The van der Waals surface area contributed by atoms with Gasteiger partial charge in [0, 0.05) is 20.1 Å². The highest BCUT2D eigenvalue weighted by atomic mass is 16.7. The number of hydrogen-bond acceptors (Lipinski definition) is 8. The maximum atomic E-state index is 12.7. The van der Waals surface area contributed by atoms with Crippen LogP contribution in [0.3, 0.4) is 0 Å². The number of ether oxygens (including phenoxy) is 5. The molecule has 27 heavy (non-hydrogen) atoms. The summed E-state index contributed by atoms with van der Waals surface area (Å²) < 4.78 is 26.3. The van der Waals surface area contributed by atoms with Gasteiger partial charge in [0.25, 0.3) is 0 Å². The van der Waals surface area contributed by atoms with Crippen molar-refractivity contribution in [2.75, 3.05) is 20.5 Å². The molecule has 8 nitrogen and oxygen atoms in total. The fraction of sp³-hybridized carbons (Fsp3) is 0.421. The fourth-order valence-electron chi connectivity index (χ4n) is 2.67. The topological polar surface area (TPSA) is 97.4 Å². The van der Waals surface area contributed by atoms with Crippen molar-refractivity contribution < 1.29 is 38.1 Å². The standard InChI is InChI=1S/C19H22O8/c1-6-7-24-18(22)19(3,4)16-14(27-11(2)20)8-13-15(12(21)9-25-13)17(16)26-10-23-5/h6-8H,9-10H2,1-5H3/b7-6-. The Balaban J connectivity index is 2.73. The Morgan fingerprint density at radius 2 is 2.04 bits per heavy atom. The fourth-order valence-corrected chi connectivity index (χ4v) is 2.67. The average molecular weight is 378 g/mol. The molecule has 0 atom stereocenters. The van der Waals surface area contributed by atoms with Gasteiger partial charge < -0.3 is 23.7 Å². The van der Waals surface area contributed by atoms with Crippen LogP contribution in [0.4, 0.5) is 0 Å². The second-order valence-corrected chi connectivity index (χ2v) is 6.31. The first kappa shape index (κ1) is 20.4. The van der Waals surface area contributed by atoms with Gasteiger partial charge in [0.05, 0.1) is 17.2 Å². The summed E-state index contributed by atoms with van der Waals surface area (Å²) in [5.74, 6) is -1.22. The van der Waals surface area contributed by atoms with E-state index in [1.54, 1.807) is 26.8 Å². The third-order valence-electron chi connectivity index (χ3n) is 3.87. The number of benzene rings is 1. The van der Waals surface area contributed by atoms with Crippen LogP contribution < -0.4 is 14.2 Å². The lowest BCUT2D eigenvalue weighted by atomic mass is 9.81. The van der Waals surface area contributed by atoms with E-state index in [1.807, 2.05) is 0 Å². The molecule has 8 heteroatoms. The largest absolute Gasteiger partial charge is 0.484 e. The quantitative estimate of drug-likeness (QED) is 0.309. The molecular formula is C19H22O8. The van der Waals surface area contributed by atoms with Crippen LogP contribution in [0.15, 0.2) is 18.4 Å². The van der Waals surface area contributed by atoms with Gasteiger partial charge in [-0.15, -0.1) is 0 Å². The summed E-state index contributed by atoms with van der Waals surface area (Å²) >= 11 is 0. The van der Waals surface area contributed by atoms with E-state index >= 15 is 0 Å². The number of carbonyl (C=O) groups is 3. The Morgan fingerprint density at radius 1 is 1.33 bits per heavy atom. The molecule has 1 aromatic carbocycles. The third-order valence-corrected chi connectivity index (χ3v) is 3.87. The van der Waals surface area contributed by atoms with Gasteiger partial charge in [0.15, 0.2) is 13.4 Å². The van der Waals surface area contributed by atoms with E-state index in [1.165, 1.54) is 26.4 Å². The molecule has 0 aromatic heterocycles. The molecule has 0 radical (unpaired) electrons. The maximum Gasteiger partial charge on any atom is 0.321 e. The number of fused-ring (bicyclic) bond motifs is 1. The van der Waals surface area contributed by atoms with Gasteiger partial charge in [-0.05, 0) is 20.8 Å². The molecule has 0 unspecified atom stereocenters. The molecule has 0 saturated heterocycles. The summed E-state index contributed by atoms with van der Waals surface area (Å²) in [4.78, 5) is 36.6. The second kappa shape index (κ2) is 8.22. The van der Waals surface area contributed by atoms with E-state index in [0.717, 1.165) is 0 Å². The van der Waals surface area contributed by atoms with Crippen LogP contribution in [-0.2, 0) is 24.5 Å². The number of esters is 2. The molecular weight excluding hydrogens is 356 g/mol. The Bertz CT molecular complexity index is 791. The second-order valence-electron chi connectivity index (χ2n) is 6.31. The van der Waals surface area contributed by atoms with E-state index < -0.39 is 17.4 Å². The van der Waals surface area contributed by atoms with Crippen molar-refractivity contribution in [1.82, 2.24) is 0 Å². The normalized spacial score (nSPS) is 13.3. The van der Waals surface area contributed by atoms with E-state index in [9.17, 15) is 14.4 Å². The van der Waals surface area contributed by atoms with Crippen molar-refractivity contribution in [1.29, 1.82) is 0 Å². The number of hydrogen-bond donors (Lipinski definition) is 0. The molecule has 0 bridgehead atoms. The summed E-state index contributed by atoms with van der Waals surface area (Å²) in [7, 11) is 1.42. The van der Waals surface area contributed by atoms with Crippen molar-refractivity contribution in [3.63, 3.8) is 0 Å². The SMILES string of the molecule is C/C=C\OC(=O)C(C)(C)c1c(OC(C)=O)cc2c(c1OCOC)C(=O)CO2. The number of ketones is 1. The number of allylic oxidation sites excluding steroid dienone is 1. The molecule has 1 aliphatic rings. The first-order chi connectivity index (χ1) is 12.7. The zero-order valence-corrected chi connectivity index (χ0v) is 15.9. The molecule has 146 valence electrons. The smallest absolute Gasteiger partial charge is 0.321 e. The van der Waals surface area contributed by atoms with Crippen LogP contribution in [0.1, 0.15) is 43.6 Å². The van der Waals surface area contributed by atoms with Crippen LogP contribution in [0.5, 0.6) is 17.2 Å². The molecule has 0 fully saturated rings. The van der Waals surface area contributed by atoms with Crippen molar-refractivity contribution in [3.05, 3.63) is 29.5 Å². The van der Waals surface area contributed by atoms with Gasteiger partial charge in [-0.3, -0.25) is 14.4 Å². The summed E-state index contributed by atoms with van der Waals surface area (Å²) in [5.41, 5.74) is -0.947. The van der Waals surface area contributed by atoms with Crippen molar-refractivity contribution >= 4 is 17.7 Å². The number of carbonyl (C=O) groups excluding carboxylic acids is 3. The minimum atomic E-state index is -1.31. The Morgan fingerprint density at radius 3 is 2.63 bits per heavy atom. The monoisotopic (exact) mass is 378 g/mol. The maximum absolute atomic E-state index is 12.7. The highest BCUT2D eigenvalue weighted by molar-refractivity contribution is 6.06. The molecule has 1 aromatic rings. The number of rotatable bonds is 7. The molecule has 2 rings (SSSR count). The lowest BCUT2D eigenvalue weighted by molar-refractivity contribution is -0.144. The van der Waals surface area contributed by atoms with E-state index in [2.05, 4.69) is 0 Å². The molecule has 1 aliphatic heterocycles. The summed E-state index contributed by atoms with van der Waals surface area (Å²) in [6.07, 6.45) is 2.80. The van der Waals surface area contributed by atoms with Gasteiger partial charge in [0.2, 0.25) is 5.78 Å². The van der Waals surface area contributed by atoms with Gasteiger partial charge in [-0.1, -0.05) is 6.08 Å². The molecule has 1 heterocycles. The van der Waals surface area contributed by atoms with Crippen LogP contribution in [0.2, 0.25) is 0 Å². The minimum Gasteiger partial charge on any atom is -0.484 e. The number of methoxy groups -OCH3 is 1. The first-order valence-electron chi connectivity index (χ1n) is 8.23. The summed E-state index contributed by atoms with van der Waals surface area (Å²) in [6.45, 7) is 5.72. The van der Waals surface area contributed by atoms with Gasteiger partial charge in [-0.2, -0.15) is 0 Å². The van der Waals surface area contributed by atoms with Crippen molar-refractivity contribution in [3.8, 4) is 17.2 Å². The molecule has 0 aliphatic carbocycles. The van der Waals surface area contributed by atoms with Crippen molar-refractivity contribution in [2.24, 2.45) is 0 Å². The van der Waals surface area contributed by atoms with E-state index in [0.29, 0.717) is 0 Å². The Hall–Kier alpha value is -2.87. The summed E-state index contributed by atoms with van der Waals surface area (Å²) in [5, 5.41) is 0. The molecule has 0 amide bonds. The third kappa shape index (κ3) is 4.11. The lowest BCUT2D eigenvalue weighted by Gasteiger charge is -2.27. The molecule has 0 N–H and O–H groups in total. The van der Waals surface area contributed by atoms with Gasteiger partial charge in [0.1, 0.15) is 22.8 Å². The minimum absolute atomic E-state index is 0.0458. The van der Waals surface area contributed by atoms with Crippen LogP contribution >= 0.6 is 0 Å². The van der Waals surface area contributed by atoms with Crippen LogP contribution in [-0.4, -0.2) is 38.2 Å². The average Bonchev–Trinajstić information content (AvgIpc) is 2.97. The van der Waals surface area contributed by atoms with E-state index in [-0.39, 0.29) is 47.6 Å².